The Kier molecular flexibility index (Phi) is 5.56. The molecule has 0 bridgehead atoms. The molecule has 0 spiro atoms. The minimum absolute atomic E-state index is 0.303. The number of hydrogen-bond donors (Lipinski definition) is 2. The second kappa shape index (κ2) is 7.41. The maximum atomic E-state index is 9.84. The third-order valence-corrected chi connectivity index (χ3v) is 4.32. The zero-order valence-corrected chi connectivity index (χ0v) is 13.4. The summed E-state index contributed by atoms with van der Waals surface area (Å²) in [4.78, 5) is 1.18. The summed E-state index contributed by atoms with van der Waals surface area (Å²) in [6, 6.07) is 13.6. The van der Waals surface area contributed by atoms with E-state index >= 15 is 0 Å². The molecular formula is C16H16BrNOS. The quantitative estimate of drug-likeness (QED) is 0.565. The van der Waals surface area contributed by atoms with Gasteiger partial charge in [-0.05, 0) is 30.3 Å². The van der Waals surface area contributed by atoms with E-state index in [4.69, 9.17) is 0 Å². The standard InChI is InChI=1S/C16H16BrNOS/c1-2-9-20-16-6-4-3-5-14(16)18-11-12-10-13(17)7-8-15(12)19/h2-8,10,18-19H,1,9,11H2. The molecular weight excluding hydrogens is 334 g/mol. The molecule has 4 heteroatoms. The molecule has 0 unspecified atom stereocenters. The Balaban J connectivity index is 2.10. The van der Waals surface area contributed by atoms with Crippen LogP contribution >= 0.6 is 27.7 Å². The number of anilines is 1. The molecule has 0 heterocycles. The predicted molar refractivity (Wildman–Crippen MR) is 90.5 cm³/mol. The van der Waals surface area contributed by atoms with Crippen molar-refractivity contribution in [1.82, 2.24) is 0 Å². The fourth-order valence-electron chi connectivity index (χ4n) is 1.77. The molecule has 0 aliphatic carbocycles. The van der Waals surface area contributed by atoms with Crippen LogP contribution in [0, 0.1) is 0 Å². The second-order valence-electron chi connectivity index (χ2n) is 4.22. The molecule has 104 valence electrons. The monoisotopic (exact) mass is 349 g/mol. The van der Waals surface area contributed by atoms with Gasteiger partial charge in [0.1, 0.15) is 5.75 Å². The summed E-state index contributed by atoms with van der Waals surface area (Å²) in [6.07, 6.45) is 1.89. The van der Waals surface area contributed by atoms with E-state index in [0.717, 1.165) is 21.5 Å². The summed E-state index contributed by atoms with van der Waals surface area (Å²) in [5.74, 6) is 1.18. The van der Waals surface area contributed by atoms with Crippen LogP contribution in [-0.4, -0.2) is 10.9 Å². The summed E-state index contributed by atoms with van der Waals surface area (Å²) in [7, 11) is 0. The Hall–Kier alpha value is -1.39. The third-order valence-electron chi connectivity index (χ3n) is 2.75. The molecule has 2 aromatic rings. The van der Waals surface area contributed by atoms with Crippen LogP contribution in [0.4, 0.5) is 5.69 Å². The van der Waals surface area contributed by atoms with E-state index in [2.05, 4.69) is 33.9 Å². The molecule has 0 radical (unpaired) electrons. The van der Waals surface area contributed by atoms with E-state index in [1.54, 1.807) is 17.8 Å². The van der Waals surface area contributed by atoms with E-state index in [9.17, 15) is 5.11 Å². The summed E-state index contributed by atoms with van der Waals surface area (Å²) in [6.45, 7) is 4.32. The van der Waals surface area contributed by atoms with Crippen LogP contribution in [0.1, 0.15) is 5.56 Å². The molecule has 0 saturated carbocycles. The van der Waals surface area contributed by atoms with Gasteiger partial charge in [-0.3, -0.25) is 0 Å². The largest absolute Gasteiger partial charge is 0.508 e. The highest BCUT2D eigenvalue weighted by atomic mass is 79.9. The highest BCUT2D eigenvalue weighted by Gasteiger charge is 2.04. The van der Waals surface area contributed by atoms with E-state index in [1.165, 1.54) is 4.90 Å². The van der Waals surface area contributed by atoms with Crippen LogP contribution in [0.3, 0.4) is 0 Å². The number of halogens is 1. The van der Waals surface area contributed by atoms with Crippen molar-refractivity contribution in [3.63, 3.8) is 0 Å². The lowest BCUT2D eigenvalue weighted by atomic mass is 10.2. The number of hydrogen-bond acceptors (Lipinski definition) is 3. The molecule has 0 atom stereocenters. The molecule has 0 saturated heterocycles. The summed E-state index contributed by atoms with van der Waals surface area (Å²) >= 11 is 5.15. The number of para-hydroxylation sites is 1. The lowest BCUT2D eigenvalue weighted by Crippen LogP contribution is -2.01. The van der Waals surface area contributed by atoms with Gasteiger partial charge in [0.05, 0.1) is 0 Å². The fourth-order valence-corrected chi connectivity index (χ4v) is 2.95. The molecule has 2 nitrogen and oxygen atoms in total. The normalized spacial score (nSPS) is 10.2. The average molecular weight is 350 g/mol. The topological polar surface area (TPSA) is 32.3 Å². The van der Waals surface area contributed by atoms with Gasteiger partial charge in [0.15, 0.2) is 0 Å². The van der Waals surface area contributed by atoms with Crippen molar-refractivity contribution in [2.75, 3.05) is 11.1 Å². The summed E-state index contributed by atoms with van der Waals surface area (Å²) in [5.41, 5.74) is 1.93. The van der Waals surface area contributed by atoms with Gasteiger partial charge in [-0.25, -0.2) is 0 Å². The van der Waals surface area contributed by atoms with Gasteiger partial charge >= 0.3 is 0 Å². The summed E-state index contributed by atoms with van der Waals surface area (Å²) < 4.78 is 0.960. The highest BCUT2D eigenvalue weighted by Crippen LogP contribution is 2.28. The first-order chi connectivity index (χ1) is 9.70. The second-order valence-corrected chi connectivity index (χ2v) is 6.20. The van der Waals surface area contributed by atoms with Crippen molar-refractivity contribution < 1.29 is 5.11 Å². The first-order valence-electron chi connectivity index (χ1n) is 6.24. The van der Waals surface area contributed by atoms with Crippen molar-refractivity contribution in [1.29, 1.82) is 0 Å². The lowest BCUT2D eigenvalue weighted by molar-refractivity contribution is 0.469. The van der Waals surface area contributed by atoms with E-state index in [-0.39, 0.29) is 0 Å². The van der Waals surface area contributed by atoms with E-state index < -0.39 is 0 Å². The minimum atomic E-state index is 0.303. The van der Waals surface area contributed by atoms with Crippen LogP contribution in [0.5, 0.6) is 5.75 Å². The summed E-state index contributed by atoms with van der Waals surface area (Å²) in [5, 5.41) is 13.2. The van der Waals surface area contributed by atoms with Gasteiger partial charge in [-0.1, -0.05) is 34.1 Å². The maximum Gasteiger partial charge on any atom is 0.120 e. The fraction of sp³-hybridized carbons (Fsp3) is 0.125. The smallest absolute Gasteiger partial charge is 0.120 e. The van der Waals surface area contributed by atoms with Crippen LogP contribution in [0.15, 0.2) is 64.5 Å². The highest BCUT2D eigenvalue weighted by molar-refractivity contribution is 9.10. The van der Waals surface area contributed by atoms with Crippen LogP contribution in [-0.2, 0) is 6.54 Å². The van der Waals surface area contributed by atoms with Gasteiger partial charge in [-0.2, -0.15) is 0 Å². The zero-order chi connectivity index (χ0) is 14.4. The molecule has 0 amide bonds. The Morgan fingerprint density at radius 2 is 2.05 bits per heavy atom. The van der Waals surface area contributed by atoms with Gasteiger partial charge < -0.3 is 10.4 Å². The predicted octanol–water partition coefficient (Wildman–Crippen LogP) is 5.04. The molecule has 0 aliphatic rings. The molecule has 2 aromatic carbocycles. The first kappa shape index (κ1) is 15.0. The first-order valence-corrected chi connectivity index (χ1v) is 8.02. The van der Waals surface area contributed by atoms with Gasteiger partial charge in [0.25, 0.3) is 0 Å². The third kappa shape index (κ3) is 4.05. The Bertz CT molecular complexity index is 601. The number of phenols is 1. The van der Waals surface area contributed by atoms with E-state index in [0.29, 0.717) is 12.3 Å². The number of benzene rings is 2. The van der Waals surface area contributed by atoms with Crippen LogP contribution in [0.2, 0.25) is 0 Å². The van der Waals surface area contributed by atoms with E-state index in [1.807, 2.05) is 36.4 Å². The molecule has 0 aromatic heterocycles. The van der Waals surface area contributed by atoms with Crippen molar-refractivity contribution in [2.45, 2.75) is 11.4 Å². The number of phenolic OH excluding ortho intramolecular Hbond substituents is 1. The number of rotatable bonds is 6. The average Bonchev–Trinajstić information content (AvgIpc) is 2.47. The molecule has 2 N–H and O–H groups in total. The van der Waals surface area contributed by atoms with Crippen molar-refractivity contribution in [3.8, 4) is 5.75 Å². The Morgan fingerprint density at radius 1 is 1.25 bits per heavy atom. The van der Waals surface area contributed by atoms with Crippen molar-refractivity contribution >= 4 is 33.4 Å². The number of thioether (sulfide) groups is 1. The Labute approximate surface area is 132 Å². The van der Waals surface area contributed by atoms with Crippen LogP contribution < -0.4 is 5.32 Å². The maximum absolute atomic E-state index is 9.84. The van der Waals surface area contributed by atoms with Crippen molar-refractivity contribution in [2.24, 2.45) is 0 Å². The minimum Gasteiger partial charge on any atom is -0.508 e. The number of aromatic hydroxyl groups is 1. The zero-order valence-electron chi connectivity index (χ0n) is 11.0. The Morgan fingerprint density at radius 3 is 2.85 bits per heavy atom. The molecule has 0 aliphatic heterocycles. The lowest BCUT2D eigenvalue weighted by Gasteiger charge is -2.12. The molecule has 20 heavy (non-hydrogen) atoms. The van der Waals surface area contributed by atoms with Crippen molar-refractivity contribution in [3.05, 3.63) is 65.2 Å². The SMILES string of the molecule is C=CCSc1ccccc1NCc1cc(Br)ccc1O. The molecule has 0 fully saturated rings. The van der Waals surface area contributed by atoms with Crippen LogP contribution in [0.25, 0.3) is 0 Å². The van der Waals surface area contributed by atoms with Gasteiger partial charge in [-0.15, -0.1) is 18.3 Å². The van der Waals surface area contributed by atoms with Gasteiger partial charge in [0, 0.05) is 32.9 Å². The van der Waals surface area contributed by atoms with Gasteiger partial charge in [0.2, 0.25) is 0 Å². The number of nitrogens with one attached hydrogen (secondary N) is 1. The molecule has 2 rings (SSSR count).